The Labute approximate surface area is 401 Å². The Morgan fingerprint density at radius 1 is 0.645 bits per heavy atom. The van der Waals surface area contributed by atoms with Crippen LogP contribution in [0.1, 0.15) is 232 Å². The van der Waals surface area contributed by atoms with Gasteiger partial charge in [-0.25, -0.2) is 4.18 Å². The van der Waals surface area contributed by atoms with Crippen molar-refractivity contribution in [1.29, 1.82) is 0 Å². The summed E-state index contributed by atoms with van der Waals surface area (Å²) >= 11 is 0. The summed E-state index contributed by atoms with van der Waals surface area (Å²) in [5, 5.41) is 55.2. The van der Waals surface area contributed by atoms with E-state index in [2.05, 4.69) is 35.2 Å². The van der Waals surface area contributed by atoms with Crippen LogP contribution in [-0.2, 0) is 19.3 Å². The van der Waals surface area contributed by atoms with Crippen molar-refractivity contribution < 1.29 is 77.0 Å². The normalized spacial score (nSPS) is 20.9. The molecule has 1 fully saturated rings. The van der Waals surface area contributed by atoms with Crippen molar-refractivity contribution in [3.05, 3.63) is 24.3 Å². The number of ether oxygens (including phenoxy) is 1. The van der Waals surface area contributed by atoms with Gasteiger partial charge in [-0.2, -0.15) is 8.42 Å². The topological polar surface area (TPSA) is 189 Å². The zero-order valence-electron chi connectivity index (χ0n) is 39.7. The number of hydrogen-bond acceptors (Lipinski definition) is 10. The van der Waals surface area contributed by atoms with E-state index in [0.717, 1.165) is 38.5 Å². The van der Waals surface area contributed by atoms with Crippen molar-refractivity contribution in [1.82, 2.24) is 0 Å². The Kier molecular flexibility index (Phi) is 41.8. The van der Waals surface area contributed by atoms with Crippen molar-refractivity contribution in [3.8, 4) is 0 Å². The van der Waals surface area contributed by atoms with Crippen LogP contribution >= 0.6 is 0 Å². The predicted molar refractivity (Wildman–Crippen MR) is 248 cm³/mol. The third-order valence-electron chi connectivity index (χ3n) is 12.1. The van der Waals surface area contributed by atoms with Gasteiger partial charge in [0.2, 0.25) is 0 Å². The molecule has 5 N–H and O–H groups in total. The minimum absolute atomic E-state index is 0. The number of aliphatic hydroxyl groups excluding tert-OH is 4. The third kappa shape index (κ3) is 34.0. The van der Waals surface area contributed by atoms with E-state index in [9.17, 15) is 38.5 Å². The van der Waals surface area contributed by atoms with E-state index in [4.69, 9.17) is 4.74 Å². The molecule has 0 bridgehead atoms. The molecule has 13 heteroatoms. The molecular formula is C49H92NNaO10S. The van der Waals surface area contributed by atoms with Crippen LogP contribution in [0.3, 0.4) is 0 Å². The maximum absolute atomic E-state index is 13.0. The van der Waals surface area contributed by atoms with Gasteiger partial charge in [0, 0.05) is 0 Å². The Morgan fingerprint density at radius 3 is 1.45 bits per heavy atom. The van der Waals surface area contributed by atoms with Crippen molar-refractivity contribution in [2.75, 3.05) is 6.61 Å². The third-order valence-corrected chi connectivity index (χ3v) is 12.6. The summed E-state index contributed by atoms with van der Waals surface area (Å²) in [6.45, 7) is 3.81. The van der Waals surface area contributed by atoms with Crippen LogP contribution in [0.4, 0.5) is 0 Å². The van der Waals surface area contributed by atoms with Crippen molar-refractivity contribution in [3.63, 3.8) is 0 Å². The van der Waals surface area contributed by atoms with E-state index in [-0.39, 0.29) is 54.7 Å². The first-order valence-corrected chi connectivity index (χ1v) is 26.4. The number of rotatable bonds is 42. The maximum atomic E-state index is 13.0. The molecule has 62 heavy (non-hydrogen) atoms. The average molecular weight is 910 g/mol. The van der Waals surface area contributed by atoms with E-state index >= 15 is 0 Å². The number of hydrogen-bond donors (Lipinski definition) is 5. The second kappa shape index (κ2) is 42.0. The molecule has 1 rings (SSSR count). The van der Waals surface area contributed by atoms with Gasteiger partial charge in [-0.15, -0.1) is 0 Å². The Balaban J connectivity index is 0.0000372. The Hall–Kier alpha value is -0.380. The molecule has 0 aliphatic carbocycles. The van der Waals surface area contributed by atoms with E-state index in [0.29, 0.717) is 6.42 Å². The zero-order valence-corrected chi connectivity index (χ0v) is 42.5. The number of aliphatic hydroxyl groups is 4. The molecule has 1 saturated heterocycles. The molecule has 7 atom stereocenters. The average Bonchev–Trinajstić information content (AvgIpc) is 3.23. The largest absolute Gasteiger partial charge is 1.00 e. The SMILES string of the molecule is CCCCCCCC/C=C\CCCCCCCCCCCCCC([O-])=N[C@@H](CC[C@@H]1O[C@H](CO)[C@H](O)[C@H](OS(=O)(=O)O)[C@H]1O)[C@H](O)/C=C/CCCCCCCCCCCCC.[Na+]. The van der Waals surface area contributed by atoms with Crippen LogP contribution in [0.2, 0.25) is 0 Å². The summed E-state index contributed by atoms with van der Waals surface area (Å²) in [6, 6.07) is -0.844. The van der Waals surface area contributed by atoms with Crippen LogP contribution in [0.25, 0.3) is 0 Å². The van der Waals surface area contributed by atoms with Crippen LogP contribution in [0.15, 0.2) is 29.3 Å². The molecule has 0 saturated carbocycles. The van der Waals surface area contributed by atoms with Gasteiger partial charge in [-0.3, -0.25) is 9.55 Å². The Bertz CT molecular complexity index is 1210. The Morgan fingerprint density at radius 2 is 1.03 bits per heavy atom. The summed E-state index contributed by atoms with van der Waals surface area (Å²) in [6.07, 6.45) is 37.9. The van der Waals surface area contributed by atoms with E-state index < -0.39 is 59.7 Å². The van der Waals surface area contributed by atoms with Gasteiger partial charge in [0.15, 0.2) is 0 Å². The monoisotopic (exact) mass is 910 g/mol. The summed E-state index contributed by atoms with van der Waals surface area (Å²) in [7, 11) is -5.03. The molecule has 0 amide bonds. The minimum Gasteiger partial charge on any atom is -0.862 e. The second-order valence-electron chi connectivity index (χ2n) is 17.7. The molecule has 1 aliphatic heterocycles. The van der Waals surface area contributed by atoms with Crippen molar-refractivity contribution in [2.45, 2.75) is 275 Å². The molecule has 1 heterocycles. The standard InChI is InChI=1S/C49H93NO10S.Na/c1-3-5-7-9-11-13-15-17-18-19-20-21-22-23-24-26-28-30-32-34-36-38-46(53)50-42(43(52)37-35-33-31-29-27-25-16-14-12-10-8-6-4-2)39-40-44-47(54)49(60-61(56,57)58)48(55)45(41-51)59-44;/h17-18,35,37,42-45,47-49,51-52,54-55H,3-16,19-34,36,38-41H2,1-2H3,(H,50,53)(H,56,57,58);/q;+1/p-1/b18-17-,37-35+;/t42-,43+,44-,45+,47-,48-,49+;/m0./s1. The van der Waals surface area contributed by atoms with Crippen LogP contribution < -0.4 is 34.7 Å². The van der Waals surface area contributed by atoms with Crippen molar-refractivity contribution >= 4 is 16.3 Å². The molecule has 1 aliphatic rings. The van der Waals surface area contributed by atoms with Gasteiger partial charge in [-0.05, 0) is 70.1 Å². The van der Waals surface area contributed by atoms with Crippen molar-refractivity contribution in [2.24, 2.45) is 4.99 Å². The summed E-state index contributed by atoms with van der Waals surface area (Å²) in [4.78, 5) is 4.37. The first-order chi connectivity index (χ1) is 29.5. The molecule has 0 radical (unpaired) electrons. The number of unbranched alkanes of at least 4 members (excludes halogenated alkanes) is 28. The van der Waals surface area contributed by atoms with E-state index in [1.807, 2.05) is 6.08 Å². The fraction of sp³-hybridized carbons (Fsp3) is 0.898. The second-order valence-corrected chi connectivity index (χ2v) is 18.8. The molecule has 0 unspecified atom stereocenters. The van der Waals surface area contributed by atoms with Crippen LogP contribution in [-0.4, -0.2) is 88.6 Å². The molecule has 0 aromatic heterocycles. The fourth-order valence-electron chi connectivity index (χ4n) is 8.25. The van der Waals surface area contributed by atoms with Gasteiger partial charge in [-0.1, -0.05) is 192 Å². The van der Waals surface area contributed by atoms with E-state index in [1.54, 1.807) is 6.08 Å². The van der Waals surface area contributed by atoms with Crippen LogP contribution in [0, 0.1) is 0 Å². The zero-order chi connectivity index (χ0) is 44.8. The number of allylic oxidation sites excluding steroid dienone is 3. The number of aliphatic imine (C=N–C) groups is 1. The predicted octanol–water partition coefficient (Wildman–Crippen LogP) is 7.56. The first-order valence-electron chi connectivity index (χ1n) is 25.1. The van der Waals surface area contributed by atoms with Crippen LogP contribution in [0.5, 0.6) is 0 Å². The van der Waals surface area contributed by atoms with Gasteiger partial charge in [0.05, 0.1) is 24.9 Å². The van der Waals surface area contributed by atoms with Gasteiger partial charge in [0.25, 0.3) is 0 Å². The molecule has 0 aromatic rings. The molecular weight excluding hydrogens is 818 g/mol. The molecule has 0 spiro atoms. The first kappa shape index (κ1) is 61.6. The van der Waals surface area contributed by atoms with E-state index in [1.165, 1.54) is 154 Å². The smallest absolute Gasteiger partial charge is 0.862 e. The molecule has 0 aromatic carbocycles. The number of nitrogens with zero attached hydrogens (tertiary/aromatic N) is 1. The summed E-state index contributed by atoms with van der Waals surface area (Å²) < 4.78 is 42.3. The van der Waals surface area contributed by atoms with Gasteiger partial charge < -0.3 is 30.3 Å². The van der Waals surface area contributed by atoms with Gasteiger partial charge in [0.1, 0.15) is 24.4 Å². The minimum atomic E-state index is -5.03. The molecule has 360 valence electrons. The fourth-order valence-corrected chi connectivity index (χ4v) is 8.76. The van der Waals surface area contributed by atoms with Gasteiger partial charge >= 0.3 is 40.0 Å². The molecule has 11 nitrogen and oxygen atoms in total. The summed E-state index contributed by atoms with van der Waals surface area (Å²) in [5.41, 5.74) is 0. The summed E-state index contributed by atoms with van der Waals surface area (Å²) in [5.74, 6) is -0.308. The maximum Gasteiger partial charge on any atom is 1.00 e. The quantitative estimate of drug-likeness (QED) is 0.0102.